The van der Waals surface area contributed by atoms with Crippen LogP contribution in [0, 0.1) is 11.8 Å². The Hall–Kier alpha value is -0.770. The Labute approximate surface area is 76.6 Å². The lowest BCUT2D eigenvalue weighted by Gasteiger charge is -2.35. The molecule has 2 bridgehead atoms. The molecule has 0 spiro atoms. The molecule has 0 amide bonds. The van der Waals surface area contributed by atoms with E-state index in [1.54, 1.807) is 0 Å². The lowest BCUT2D eigenvalue weighted by atomic mass is 9.84. The third kappa shape index (κ3) is 1.29. The Balaban J connectivity index is 2.21. The Kier molecular flexibility index (Phi) is 2.15. The molecule has 0 aromatic rings. The highest BCUT2D eigenvalue weighted by atomic mass is 16.7. The summed E-state index contributed by atoms with van der Waals surface area (Å²) in [5, 5.41) is 3.72. The number of ether oxygens (including phenoxy) is 2. The molecule has 72 valence electrons. The standard InChI is InChI=1S/C8H13N3O2/c1-4-5(2)7(10-11-9)8-12-3-6(4)13-8/h4-8H,3H2,1-2H3/t4-,5+,6?,7?,8+/m0/s1. The molecule has 5 heteroatoms. The van der Waals surface area contributed by atoms with Crippen LogP contribution < -0.4 is 0 Å². The number of azide groups is 1. The van der Waals surface area contributed by atoms with Gasteiger partial charge in [0.05, 0.1) is 18.8 Å². The van der Waals surface area contributed by atoms with Gasteiger partial charge in [0.15, 0.2) is 6.29 Å². The van der Waals surface area contributed by atoms with Crippen molar-refractivity contribution >= 4 is 0 Å². The van der Waals surface area contributed by atoms with Crippen LogP contribution in [-0.2, 0) is 9.47 Å². The molecular formula is C8H13N3O2. The fourth-order valence-corrected chi connectivity index (χ4v) is 2.01. The predicted molar refractivity (Wildman–Crippen MR) is 45.9 cm³/mol. The molecule has 0 radical (unpaired) electrons. The Bertz CT molecular complexity index is 252. The number of nitrogens with zero attached hydrogens (tertiary/aromatic N) is 3. The van der Waals surface area contributed by atoms with Gasteiger partial charge in [-0.1, -0.05) is 19.0 Å². The minimum atomic E-state index is -0.313. The van der Waals surface area contributed by atoms with Gasteiger partial charge in [-0.3, -0.25) is 0 Å². The number of fused-ring (bicyclic) bond motifs is 2. The summed E-state index contributed by atoms with van der Waals surface area (Å²) in [6, 6.07) is -0.168. The number of rotatable bonds is 1. The molecule has 5 atom stereocenters. The summed E-state index contributed by atoms with van der Waals surface area (Å²) in [6.07, 6.45) is -0.128. The molecule has 2 heterocycles. The molecular weight excluding hydrogens is 170 g/mol. The summed E-state index contributed by atoms with van der Waals surface area (Å²) < 4.78 is 11.0. The molecule has 0 saturated carbocycles. The van der Waals surface area contributed by atoms with E-state index >= 15 is 0 Å². The van der Waals surface area contributed by atoms with Crippen molar-refractivity contribution in [2.45, 2.75) is 32.3 Å². The van der Waals surface area contributed by atoms with Crippen molar-refractivity contribution in [1.29, 1.82) is 0 Å². The average Bonchev–Trinajstić information content (AvgIpc) is 2.56. The average molecular weight is 183 g/mol. The molecule has 5 nitrogen and oxygen atoms in total. The number of hydrogen-bond acceptors (Lipinski definition) is 3. The van der Waals surface area contributed by atoms with E-state index in [9.17, 15) is 0 Å². The third-order valence-electron chi connectivity index (χ3n) is 3.15. The highest BCUT2D eigenvalue weighted by molar-refractivity contribution is 4.92. The maximum absolute atomic E-state index is 8.40. The van der Waals surface area contributed by atoms with Gasteiger partial charge in [0.2, 0.25) is 0 Å². The summed E-state index contributed by atoms with van der Waals surface area (Å²) in [7, 11) is 0. The molecule has 2 aliphatic heterocycles. The maximum atomic E-state index is 8.40. The van der Waals surface area contributed by atoms with Crippen LogP contribution in [0.15, 0.2) is 5.11 Å². The molecule has 2 unspecified atom stereocenters. The van der Waals surface area contributed by atoms with Crippen molar-refractivity contribution in [2.24, 2.45) is 17.0 Å². The molecule has 2 rings (SSSR count). The van der Waals surface area contributed by atoms with Crippen molar-refractivity contribution in [1.82, 2.24) is 0 Å². The molecule has 2 aliphatic rings. The summed E-state index contributed by atoms with van der Waals surface area (Å²) in [6.45, 7) is 4.83. The second kappa shape index (κ2) is 3.18. The van der Waals surface area contributed by atoms with Gasteiger partial charge in [-0.2, -0.15) is 0 Å². The van der Waals surface area contributed by atoms with Gasteiger partial charge in [-0.25, -0.2) is 0 Å². The maximum Gasteiger partial charge on any atom is 0.166 e. The van der Waals surface area contributed by atoms with Crippen LogP contribution in [-0.4, -0.2) is 25.0 Å². The van der Waals surface area contributed by atoms with Crippen LogP contribution in [0.1, 0.15) is 13.8 Å². The zero-order chi connectivity index (χ0) is 9.42. The molecule has 0 N–H and O–H groups in total. The molecule has 0 aromatic carbocycles. The minimum Gasteiger partial charge on any atom is -0.349 e. The van der Waals surface area contributed by atoms with Gasteiger partial charge in [0, 0.05) is 4.91 Å². The zero-order valence-electron chi connectivity index (χ0n) is 7.75. The van der Waals surface area contributed by atoms with Gasteiger partial charge < -0.3 is 9.47 Å². The first-order valence-electron chi connectivity index (χ1n) is 4.55. The van der Waals surface area contributed by atoms with E-state index in [1.165, 1.54) is 0 Å². The van der Waals surface area contributed by atoms with Gasteiger partial charge in [-0.05, 0) is 17.4 Å². The summed E-state index contributed by atoms with van der Waals surface area (Å²) >= 11 is 0. The van der Waals surface area contributed by atoms with Crippen molar-refractivity contribution in [3.63, 3.8) is 0 Å². The Morgan fingerprint density at radius 1 is 1.38 bits per heavy atom. The monoisotopic (exact) mass is 183 g/mol. The SMILES string of the molecule is C[C@@H]1C2CO[C@H](O2)C(N=[N+]=[N-])[C@@H]1C. The van der Waals surface area contributed by atoms with E-state index in [0.29, 0.717) is 18.4 Å². The van der Waals surface area contributed by atoms with Gasteiger partial charge in [-0.15, -0.1) is 0 Å². The first-order valence-corrected chi connectivity index (χ1v) is 4.55. The highest BCUT2D eigenvalue weighted by Gasteiger charge is 2.46. The van der Waals surface area contributed by atoms with Crippen LogP contribution in [0.2, 0.25) is 0 Å². The fraction of sp³-hybridized carbons (Fsp3) is 1.00. The minimum absolute atomic E-state index is 0.168. The fourth-order valence-electron chi connectivity index (χ4n) is 2.01. The van der Waals surface area contributed by atoms with Gasteiger partial charge >= 0.3 is 0 Å². The van der Waals surface area contributed by atoms with Crippen molar-refractivity contribution in [2.75, 3.05) is 6.61 Å². The van der Waals surface area contributed by atoms with E-state index in [1.807, 2.05) is 0 Å². The van der Waals surface area contributed by atoms with Crippen molar-refractivity contribution < 1.29 is 9.47 Å². The first kappa shape index (κ1) is 8.81. The highest BCUT2D eigenvalue weighted by Crippen LogP contribution is 2.37. The summed E-state index contributed by atoms with van der Waals surface area (Å²) in [5.41, 5.74) is 8.40. The van der Waals surface area contributed by atoms with E-state index in [-0.39, 0.29) is 18.4 Å². The second-order valence-electron chi connectivity index (χ2n) is 3.79. The van der Waals surface area contributed by atoms with Crippen LogP contribution >= 0.6 is 0 Å². The van der Waals surface area contributed by atoms with E-state index in [2.05, 4.69) is 23.9 Å². The number of hydrogen-bond donors (Lipinski definition) is 0. The van der Waals surface area contributed by atoms with Crippen LogP contribution in [0.3, 0.4) is 0 Å². The van der Waals surface area contributed by atoms with E-state index in [0.717, 1.165) is 0 Å². The molecule has 2 fully saturated rings. The van der Waals surface area contributed by atoms with Crippen LogP contribution in [0.5, 0.6) is 0 Å². The lowest BCUT2D eigenvalue weighted by molar-refractivity contribution is -0.127. The zero-order valence-corrected chi connectivity index (χ0v) is 7.75. The predicted octanol–water partition coefficient (Wildman–Crippen LogP) is 1.69. The summed E-state index contributed by atoms with van der Waals surface area (Å²) in [5.74, 6) is 0.733. The van der Waals surface area contributed by atoms with Crippen LogP contribution in [0.25, 0.3) is 10.4 Å². The normalized spacial score (nSPS) is 48.6. The first-order chi connectivity index (χ1) is 6.24. The Morgan fingerprint density at radius 2 is 2.15 bits per heavy atom. The van der Waals surface area contributed by atoms with Crippen LogP contribution in [0.4, 0.5) is 0 Å². The molecule has 13 heavy (non-hydrogen) atoms. The quantitative estimate of drug-likeness (QED) is 0.352. The van der Waals surface area contributed by atoms with Gasteiger partial charge in [0.25, 0.3) is 0 Å². The molecule has 0 aliphatic carbocycles. The Morgan fingerprint density at radius 3 is 2.85 bits per heavy atom. The molecule has 0 aromatic heterocycles. The van der Waals surface area contributed by atoms with Crippen molar-refractivity contribution in [3.8, 4) is 0 Å². The molecule has 2 saturated heterocycles. The van der Waals surface area contributed by atoms with E-state index < -0.39 is 0 Å². The van der Waals surface area contributed by atoms with E-state index in [4.69, 9.17) is 15.0 Å². The topological polar surface area (TPSA) is 67.2 Å². The van der Waals surface area contributed by atoms with Crippen molar-refractivity contribution in [3.05, 3.63) is 10.4 Å². The summed E-state index contributed by atoms with van der Waals surface area (Å²) in [4.78, 5) is 2.83. The third-order valence-corrected chi connectivity index (χ3v) is 3.15. The van der Waals surface area contributed by atoms with Gasteiger partial charge in [0.1, 0.15) is 0 Å². The second-order valence-corrected chi connectivity index (χ2v) is 3.79. The smallest absolute Gasteiger partial charge is 0.166 e. The largest absolute Gasteiger partial charge is 0.349 e. The lowest BCUT2D eigenvalue weighted by Crippen LogP contribution is -2.43.